The van der Waals surface area contributed by atoms with Gasteiger partial charge in [0.1, 0.15) is 5.69 Å². The molecule has 0 N–H and O–H groups in total. The van der Waals surface area contributed by atoms with Crippen LogP contribution in [0.1, 0.15) is 0 Å². The Hall–Kier alpha value is -3.80. The Labute approximate surface area is 153 Å². The molecule has 5 nitrogen and oxygen atoms in total. The van der Waals surface area contributed by atoms with E-state index in [2.05, 4.69) is 24.9 Å². The summed E-state index contributed by atoms with van der Waals surface area (Å²) in [6.45, 7) is 0. The highest BCUT2D eigenvalue weighted by Crippen LogP contribution is 2.33. The summed E-state index contributed by atoms with van der Waals surface area (Å²) >= 11 is 0. The van der Waals surface area contributed by atoms with Gasteiger partial charge in [-0.3, -0.25) is 15.0 Å². The molecule has 5 aromatic rings. The molecule has 5 heterocycles. The van der Waals surface area contributed by atoms with Gasteiger partial charge in [-0.2, -0.15) is 0 Å². The number of hydrogen-bond acceptors (Lipinski definition) is 5. The van der Waals surface area contributed by atoms with Crippen LogP contribution < -0.4 is 0 Å². The highest BCUT2D eigenvalue weighted by Gasteiger charge is 2.16. The normalized spacial score (nSPS) is 11.1. The summed E-state index contributed by atoms with van der Waals surface area (Å²) in [6.07, 6.45) is 8.47. The third-order valence-electron chi connectivity index (χ3n) is 4.41. The molecular weight excluding hydrogens is 341 g/mol. The minimum Gasteiger partial charge on any atom is -0.264 e. The van der Waals surface area contributed by atoms with E-state index in [1.807, 2.05) is 30.3 Å². The van der Waals surface area contributed by atoms with E-state index in [0.29, 0.717) is 11.3 Å². The minimum absolute atomic E-state index is 0.188. The molecule has 0 fully saturated rings. The van der Waals surface area contributed by atoms with Gasteiger partial charge in [-0.15, -0.1) is 0 Å². The van der Waals surface area contributed by atoms with Gasteiger partial charge in [0.05, 0.1) is 11.4 Å². The van der Waals surface area contributed by atoms with E-state index in [-0.39, 0.29) is 5.69 Å². The van der Waals surface area contributed by atoms with Gasteiger partial charge < -0.3 is 0 Å². The van der Waals surface area contributed by atoms with E-state index in [0.717, 1.165) is 27.4 Å². The molecule has 0 atom stereocenters. The van der Waals surface area contributed by atoms with Crippen molar-refractivity contribution in [3.05, 3.63) is 79.3 Å². The zero-order valence-electron chi connectivity index (χ0n) is 14.0. The number of halogens is 1. The fourth-order valence-electron chi connectivity index (χ4n) is 3.18. The largest absolute Gasteiger partial charge is 0.264 e. The van der Waals surface area contributed by atoms with E-state index in [1.54, 1.807) is 37.1 Å². The number of pyridine rings is 5. The van der Waals surface area contributed by atoms with Crippen molar-refractivity contribution in [3.8, 4) is 22.6 Å². The van der Waals surface area contributed by atoms with Crippen molar-refractivity contribution in [2.75, 3.05) is 0 Å². The average Bonchev–Trinajstić information content (AvgIpc) is 2.73. The third kappa shape index (κ3) is 2.58. The summed E-state index contributed by atoms with van der Waals surface area (Å²) in [4.78, 5) is 21.8. The van der Waals surface area contributed by atoms with Gasteiger partial charge in [0.15, 0.2) is 11.5 Å². The van der Waals surface area contributed by atoms with Crippen molar-refractivity contribution in [1.82, 2.24) is 24.9 Å². The lowest BCUT2D eigenvalue weighted by atomic mass is 10.0. The number of fused-ring (bicyclic) bond motifs is 2. The summed E-state index contributed by atoms with van der Waals surface area (Å²) in [5.74, 6) is -0.429. The molecule has 128 valence electrons. The van der Waals surface area contributed by atoms with Crippen molar-refractivity contribution in [2.45, 2.75) is 0 Å². The smallest absolute Gasteiger partial charge is 0.160 e. The second-order valence-corrected chi connectivity index (χ2v) is 6.02. The maximum Gasteiger partial charge on any atom is 0.160 e. The number of hydrogen-bond donors (Lipinski definition) is 0. The summed E-state index contributed by atoms with van der Waals surface area (Å²) in [7, 11) is 0. The van der Waals surface area contributed by atoms with Crippen LogP contribution in [0.5, 0.6) is 0 Å². The van der Waals surface area contributed by atoms with Crippen LogP contribution in [0, 0.1) is 5.82 Å². The van der Waals surface area contributed by atoms with Crippen LogP contribution in [-0.4, -0.2) is 24.9 Å². The predicted octanol–water partition coefficient (Wildman–Crippen LogP) is 4.44. The van der Waals surface area contributed by atoms with E-state index in [4.69, 9.17) is 0 Å². The van der Waals surface area contributed by atoms with Gasteiger partial charge in [-0.25, -0.2) is 14.4 Å². The molecule has 0 amide bonds. The first-order valence-electron chi connectivity index (χ1n) is 8.37. The lowest BCUT2D eigenvalue weighted by Gasteiger charge is -2.11. The molecule has 0 aliphatic heterocycles. The Morgan fingerprint density at radius 3 is 2.52 bits per heavy atom. The van der Waals surface area contributed by atoms with Gasteiger partial charge in [-0.1, -0.05) is 0 Å². The molecule has 27 heavy (non-hydrogen) atoms. The highest BCUT2D eigenvalue weighted by molar-refractivity contribution is 6.02. The molecule has 0 saturated heterocycles. The van der Waals surface area contributed by atoms with Crippen LogP contribution in [0.15, 0.2) is 73.4 Å². The predicted molar refractivity (Wildman–Crippen MR) is 101 cm³/mol. The summed E-state index contributed by atoms with van der Waals surface area (Å²) in [5.41, 5.74) is 2.72. The Kier molecular flexibility index (Phi) is 3.53. The van der Waals surface area contributed by atoms with E-state index in [1.165, 1.54) is 6.07 Å². The zero-order valence-corrected chi connectivity index (χ0v) is 14.0. The molecule has 5 rings (SSSR count). The quantitative estimate of drug-likeness (QED) is 0.469. The van der Waals surface area contributed by atoms with Gasteiger partial charge in [0.25, 0.3) is 0 Å². The molecule has 0 spiro atoms. The molecular formula is C21H12FN5. The SMILES string of the molecule is Fc1cccnc1-c1cc(-c2nccc3cnccc23)c2cccnc2n1. The number of nitrogens with zero attached hydrogens (tertiary/aromatic N) is 5. The van der Waals surface area contributed by atoms with Gasteiger partial charge in [0, 0.05) is 52.7 Å². The van der Waals surface area contributed by atoms with Crippen LogP contribution in [0.3, 0.4) is 0 Å². The Bertz CT molecular complexity index is 1300. The Balaban J connectivity index is 1.87. The fraction of sp³-hybridized carbons (Fsp3) is 0. The molecule has 0 saturated carbocycles. The molecule has 0 bridgehead atoms. The first-order chi connectivity index (χ1) is 13.3. The van der Waals surface area contributed by atoms with Crippen molar-refractivity contribution >= 4 is 21.8 Å². The van der Waals surface area contributed by atoms with Gasteiger partial charge in [-0.05, 0) is 42.5 Å². The molecule has 0 unspecified atom stereocenters. The zero-order chi connectivity index (χ0) is 18.2. The van der Waals surface area contributed by atoms with Crippen molar-refractivity contribution in [3.63, 3.8) is 0 Å². The summed E-state index contributed by atoms with van der Waals surface area (Å²) < 4.78 is 14.3. The number of rotatable bonds is 2. The number of aromatic nitrogens is 5. The second kappa shape index (κ2) is 6.17. The van der Waals surface area contributed by atoms with E-state index in [9.17, 15) is 4.39 Å². The van der Waals surface area contributed by atoms with Crippen LogP contribution in [0.25, 0.3) is 44.5 Å². The summed E-state index contributed by atoms with van der Waals surface area (Å²) in [6, 6.07) is 12.4. The van der Waals surface area contributed by atoms with Crippen molar-refractivity contribution in [1.29, 1.82) is 0 Å². The average molecular weight is 353 g/mol. The Morgan fingerprint density at radius 1 is 0.741 bits per heavy atom. The van der Waals surface area contributed by atoms with Crippen LogP contribution in [-0.2, 0) is 0 Å². The molecule has 0 aliphatic carbocycles. The van der Waals surface area contributed by atoms with Crippen LogP contribution >= 0.6 is 0 Å². The fourth-order valence-corrected chi connectivity index (χ4v) is 3.18. The first-order valence-corrected chi connectivity index (χ1v) is 8.37. The lowest BCUT2D eigenvalue weighted by molar-refractivity contribution is 0.625. The minimum atomic E-state index is -0.429. The topological polar surface area (TPSA) is 64.5 Å². The molecule has 6 heteroatoms. The maximum atomic E-state index is 14.3. The van der Waals surface area contributed by atoms with Crippen molar-refractivity contribution < 1.29 is 4.39 Å². The molecule has 0 radical (unpaired) electrons. The Morgan fingerprint density at radius 2 is 1.59 bits per heavy atom. The van der Waals surface area contributed by atoms with Crippen LogP contribution in [0.4, 0.5) is 4.39 Å². The van der Waals surface area contributed by atoms with E-state index < -0.39 is 5.82 Å². The molecule has 0 aliphatic rings. The monoisotopic (exact) mass is 353 g/mol. The van der Waals surface area contributed by atoms with E-state index >= 15 is 0 Å². The second-order valence-electron chi connectivity index (χ2n) is 6.02. The standard InChI is InChI=1S/C21H12FN5/c22-17-4-2-7-24-20(17)18-11-16(15-3-1-8-26-21(15)27-18)19-14-6-9-23-12-13(14)5-10-25-19/h1-12H. The highest BCUT2D eigenvalue weighted by atomic mass is 19.1. The van der Waals surface area contributed by atoms with Crippen LogP contribution in [0.2, 0.25) is 0 Å². The molecule has 0 aromatic carbocycles. The van der Waals surface area contributed by atoms with Gasteiger partial charge in [0.2, 0.25) is 0 Å². The maximum absolute atomic E-state index is 14.3. The summed E-state index contributed by atoms with van der Waals surface area (Å²) in [5, 5.41) is 2.77. The molecule has 5 aromatic heterocycles. The lowest BCUT2D eigenvalue weighted by Crippen LogP contribution is -1.96. The third-order valence-corrected chi connectivity index (χ3v) is 4.41. The van der Waals surface area contributed by atoms with Gasteiger partial charge >= 0.3 is 0 Å². The first kappa shape index (κ1) is 15.5. The van der Waals surface area contributed by atoms with Crippen molar-refractivity contribution in [2.24, 2.45) is 0 Å².